The van der Waals surface area contributed by atoms with Gasteiger partial charge >= 0.3 is 0 Å². The lowest BCUT2D eigenvalue weighted by Crippen LogP contribution is -2.34. The average Bonchev–Trinajstić information content (AvgIpc) is 3.64. The summed E-state index contributed by atoms with van der Waals surface area (Å²) in [6.07, 6.45) is 3.93. The lowest BCUT2D eigenvalue weighted by Gasteiger charge is -2.37. The van der Waals surface area contributed by atoms with Gasteiger partial charge in [0.25, 0.3) is 0 Å². The molecule has 6 heteroatoms. The molecule has 2 unspecified atom stereocenters. The summed E-state index contributed by atoms with van der Waals surface area (Å²) < 4.78 is 7.27. The number of carbonyl (C=O) groups excluding carboxylic acids is 1. The van der Waals surface area contributed by atoms with Crippen molar-refractivity contribution in [2.24, 2.45) is 5.16 Å². The molecule has 2 atom stereocenters. The molecule has 0 bridgehead atoms. The molecule has 0 aliphatic carbocycles. The van der Waals surface area contributed by atoms with Crippen LogP contribution in [0.2, 0.25) is 0 Å². The number of hydrogen-bond acceptors (Lipinski definition) is 5. The van der Waals surface area contributed by atoms with Crippen molar-refractivity contribution in [3.8, 4) is 0 Å². The van der Waals surface area contributed by atoms with Crippen molar-refractivity contribution in [2.75, 3.05) is 11.9 Å². The van der Waals surface area contributed by atoms with Crippen molar-refractivity contribution in [2.45, 2.75) is 30.5 Å². The van der Waals surface area contributed by atoms with E-state index < -0.39 is 5.60 Å². The standard InChI is InChI=1S/C43H37N3O3/c47-42(29-39-28-41(46-49-39)34-16-13-27-44-30-34)45-38-25-23-33(24-26-38)40(32-14-5-1-6-15-32)31-48-43(35-17-7-2-8-18-35,36-19-9-3-10-20-36)37-21-11-4-12-22-37/h1-27,30,39-40H,28-29,31H2,(H,45,47). The van der Waals surface area contributed by atoms with Crippen LogP contribution in [0.4, 0.5) is 5.69 Å². The lowest BCUT2D eigenvalue weighted by molar-refractivity contribution is -0.118. The lowest BCUT2D eigenvalue weighted by atomic mass is 9.79. The van der Waals surface area contributed by atoms with Crippen molar-refractivity contribution in [1.29, 1.82) is 0 Å². The Bertz CT molecular complexity index is 1870. The molecule has 0 fully saturated rings. The molecular weight excluding hydrogens is 606 g/mol. The van der Waals surface area contributed by atoms with Crippen LogP contribution >= 0.6 is 0 Å². The zero-order valence-corrected chi connectivity index (χ0v) is 27.1. The summed E-state index contributed by atoms with van der Waals surface area (Å²) in [5, 5.41) is 7.22. The summed E-state index contributed by atoms with van der Waals surface area (Å²) in [4.78, 5) is 22.7. The maximum Gasteiger partial charge on any atom is 0.228 e. The van der Waals surface area contributed by atoms with E-state index in [0.29, 0.717) is 13.0 Å². The molecule has 7 rings (SSSR count). The molecule has 1 aliphatic heterocycles. The van der Waals surface area contributed by atoms with Gasteiger partial charge in [0.05, 0.1) is 18.7 Å². The molecule has 2 heterocycles. The van der Waals surface area contributed by atoms with E-state index >= 15 is 0 Å². The minimum absolute atomic E-state index is 0.0728. The number of oxime groups is 1. The normalized spacial score (nSPS) is 14.8. The molecule has 6 aromatic rings. The second kappa shape index (κ2) is 14.9. The van der Waals surface area contributed by atoms with E-state index in [1.807, 2.05) is 48.5 Å². The number of anilines is 1. The van der Waals surface area contributed by atoms with Gasteiger partial charge in [0.1, 0.15) is 11.7 Å². The van der Waals surface area contributed by atoms with Gasteiger partial charge in [0, 0.05) is 36.0 Å². The number of nitrogens with zero attached hydrogens (tertiary/aromatic N) is 2. The van der Waals surface area contributed by atoms with E-state index in [1.165, 1.54) is 0 Å². The summed E-state index contributed by atoms with van der Waals surface area (Å²) >= 11 is 0. The maximum atomic E-state index is 13.0. The fourth-order valence-corrected chi connectivity index (χ4v) is 6.51. The minimum Gasteiger partial charge on any atom is -0.391 e. The third-order valence-electron chi connectivity index (χ3n) is 8.95. The first-order chi connectivity index (χ1) is 24.2. The second-order valence-electron chi connectivity index (χ2n) is 12.1. The molecule has 6 nitrogen and oxygen atoms in total. The van der Waals surface area contributed by atoms with Crippen LogP contribution in [0.3, 0.4) is 0 Å². The first-order valence-corrected chi connectivity index (χ1v) is 16.6. The molecule has 1 amide bonds. The zero-order valence-electron chi connectivity index (χ0n) is 27.1. The highest BCUT2D eigenvalue weighted by Crippen LogP contribution is 2.42. The predicted octanol–water partition coefficient (Wildman–Crippen LogP) is 8.74. The summed E-state index contributed by atoms with van der Waals surface area (Å²) in [5.41, 5.74) is 7.00. The molecule has 49 heavy (non-hydrogen) atoms. The SMILES string of the molecule is O=C(CC1CC(c2cccnc2)=NO1)Nc1ccc(C(COC(c2ccccc2)(c2ccccc2)c2ccccc2)c2ccccc2)cc1. The van der Waals surface area contributed by atoms with E-state index in [9.17, 15) is 4.79 Å². The van der Waals surface area contributed by atoms with E-state index in [-0.39, 0.29) is 24.3 Å². The number of pyridine rings is 1. The molecule has 5 aromatic carbocycles. The van der Waals surface area contributed by atoms with Crippen LogP contribution in [0.15, 0.2) is 175 Å². The third kappa shape index (κ3) is 7.20. The van der Waals surface area contributed by atoms with E-state index in [1.54, 1.807) is 12.4 Å². The van der Waals surface area contributed by atoms with Gasteiger partial charge in [-0.3, -0.25) is 9.78 Å². The Morgan fingerprint density at radius 1 is 0.714 bits per heavy atom. The van der Waals surface area contributed by atoms with Gasteiger partial charge in [-0.05, 0) is 52.1 Å². The average molecular weight is 644 g/mol. The Labute approximate surface area is 287 Å². The van der Waals surface area contributed by atoms with Crippen LogP contribution in [0.1, 0.15) is 52.1 Å². The fourth-order valence-electron chi connectivity index (χ4n) is 6.51. The monoisotopic (exact) mass is 643 g/mol. The van der Waals surface area contributed by atoms with Gasteiger partial charge < -0.3 is 14.9 Å². The molecule has 1 aromatic heterocycles. The molecule has 1 aliphatic rings. The molecule has 0 saturated heterocycles. The van der Waals surface area contributed by atoms with Crippen LogP contribution in [0.5, 0.6) is 0 Å². The van der Waals surface area contributed by atoms with Gasteiger partial charge in [-0.2, -0.15) is 0 Å². The molecule has 0 spiro atoms. The zero-order chi connectivity index (χ0) is 33.3. The summed E-state index contributed by atoms with van der Waals surface area (Å²) in [5.74, 6) is -0.196. The number of rotatable bonds is 12. The highest BCUT2D eigenvalue weighted by atomic mass is 16.6. The predicted molar refractivity (Wildman–Crippen MR) is 193 cm³/mol. The number of benzene rings is 5. The van der Waals surface area contributed by atoms with Gasteiger partial charge in [0.15, 0.2) is 0 Å². The van der Waals surface area contributed by atoms with Gasteiger partial charge in [-0.25, -0.2) is 0 Å². The maximum absolute atomic E-state index is 13.0. The topological polar surface area (TPSA) is 72.8 Å². The molecule has 1 N–H and O–H groups in total. The second-order valence-corrected chi connectivity index (χ2v) is 12.1. The Balaban J connectivity index is 1.12. The number of amides is 1. The van der Waals surface area contributed by atoms with Crippen molar-refractivity contribution in [3.05, 3.63) is 203 Å². The minimum atomic E-state index is -0.840. The van der Waals surface area contributed by atoms with Crippen molar-refractivity contribution in [3.63, 3.8) is 0 Å². The van der Waals surface area contributed by atoms with Crippen LogP contribution in [0.25, 0.3) is 0 Å². The van der Waals surface area contributed by atoms with Gasteiger partial charge in [0.2, 0.25) is 5.91 Å². The fraction of sp³-hybridized carbons (Fsp3) is 0.140. The third-order valence-corrected chi connectivity index (χ3v) is 8.95. The summed E-state index contributed by atoms with van der Waals surface area (Å²) in [6.45, 7) is 0.409. The van der Waals surface area contributed by atoms with Crippen LogP contribution in [-0.4, -0.2) is 29.3 Å². The molecule has 0 radical (unpaired) electrons. The Kier molecular flexibility index (Phi) is 9.67. The van der Waals surface area contributed by atoms with Crippen molar-refractivity contribution < 1.29 is 14.4 Å². The number of nitrogens with one attached hydrogen (secondary N) is 1. The van der Waals surface area contributed by atoms with Gasteiger partial charge in [-0.1, -0.05) is 139 Å². The first-order valence-electron chi connectivity index (χ1n) is 16.6. The smallest absolute Gasteiger partial charge is 0.228 e. The van der Waals surface area contributed by atoms with E-state index in [2.05, 4.69) is 125 Å². The van der Waals surface area contributed by atoms with Crippen LogP contribution in [0, 0.1) is 0 Å². The number of carbonyl (C=O) groups is 1. The highest BCUT2D eigenvalue weighted by Gasteiger charge is 2.38. The van der Waals surface area contributed by atoms with E-state index in [0.717, 1.165) is 44.8 Å². The largest absolute Gasteiger partial charge is 0.391 e. The Morgan fingerprint density at radius 3 is 1.82 bits per heavy atom. The molecule has 242 valence electrons. The Hall–Kier alpha value is -5.85. The molecular formula is C43H37N3O3. The summed E-state index contributed by atoms with van der Waals surface area (Å²) in [7, 11) is 0. The van der Waals surface area contributed by atoms with Crippen LogP contribution in [-0.2, 0) is 20.0 Å². The number of aromatic nitrogens is 1. The van der Waals surface area contributed by atoms with E-state index in [4.69, 9.17) is 9.57 Å². The first kappa shape index (κ1) is 31.7. The quantitative estimate of drug-likeness (QED) is 0.135. The van der Waals surface area contributed by atoms with Crippen molar-refractivity contribution >= 4 is 17.3 Å². The Morgan fingerprint density at radius 2 is 1.27 bits per heavy atom. The van der Waals surface area contributed by atoms with Gasteiger partial charge in [-0.15, -0.1) is 0 Å². The van der Waals surface area contributed by atoms with Crippen molar-refractivity contribution in [1.82, 2.24) is 4.98 Å². The number of ether oxygens (including phenoxy) is 1. The summed E-state index contributed by atoms with van der Waals surface area (Å²) in [6, 6.07) is 53.6. The van der Waals surface area contributed by atoms with Crippen LogP contribution < -0.4 is 5.32 Å². The highest BCUT2D eigenvalue weighted by molar-refractivity contribution is 6.01. The number of hydrogen-bond donors (Lipinski definition) is 1. The molecule has 0 saturated carbocycles.